The molecule has 3 rings (SSSR count). The van der Waals surface area contributed by atoms with Gasteiger partial charge in [-0.1, -0.05) is 24.3 Å². The second-order valence-electron chi connectivity index (χ2n) is 4.65. The van der Waals surface area contributed by atoms with Gasteiger partial charge >= 0.3 is 0 Å². The molecule has 2 aromatic carbocycles. The number of aromatic nitrogens is 1. The second-order valence-corrected chi connectivity index (χ2v) is 4.65. The molecule has 1 atom stereocenters. The summed E-state index contributed by atoms with van der Waals surface area (Å²) >= 11 is 0. The van der Waals surface area contributed by atoms with Gasteiger partial charge in [-0.05, 0) is 29.7 Å². The number of para-hydroxylation sites is 1. The first-order valence-electron chi connectivity index (χ1n) is 6.36. The molecule has 1 heterocycles. The van der Waals surface area contributed by atoms with Gasteiger partial charge in [0.1, 0.15) is 11.6 Å². The van der Waals surface area contributed by atoms with Crippen molar-refractivity contribution in [2.75, 3.05) is 7.11 Å². The van der Waals surface area contributed by atoms with Crippen LogP contribution in [0.1, 0.15) is 17.3 Å². The Morgan fingerprint density at radius 3 is 2.70 bits per heavy atom. The lowest BCUT2D eigenvalue weighted by Crippen LogP contribution is -2.15. The van der Waals surface area contributed by atoms with E-state index in [2.05, 4.69) is 4.98 Å². The minimum absolute atomic E-state index is 0.363. The summed E-state index contributed by atoms with van der Waals surface area (Å²) in [5.41, 5.74) is 8.31. The van der Waals surface area contributed by atoms with Crippen LogP contribution in [0.3, 0.4) is 0 Å². The van der Waals surface area contributed by atoms with Crippen LogP contribution in [-0.2, 0) is 0 Å². The fourth-order valence-corrected chi connectivity index (χ4v) is 2.42. The molecule has 0 saturated heterocycles. The summed E-state index contributed by atoms with van der Waals surface area (Å²) in [5.74, 6) is 0.0895. The van der Waals surface area contributed by atoms with Gasteiger partial charge in [0, 0.05) is 11.2 Å². The predicted octanol–water partition coefficient (Wildman–Crippen LogP) is 3.36. The molecule has 3 nitrogen and oxygen atoms in total. The number of benzene rings is 2. The van der Waals surface area contributed by atoms with Gasteiger partial charge in [0.05, 0.1) is 18.7 Å². The lowest BCUT2D eigenvalue weighted by atomic mass is 10.0. The van der Waals surface area contributed by atoms with E-state index in [0.29, 0.717) is 11.3 Å². The van der Waals surface area contributed by atoms with Gasteiger partial charge in [0.25, 0.3) is 0 Å². The van der Waals surface area contributed by atoms with Crippen LogP contribution in [0.15, 0.2) is 48.5 Å². The zero-order chi connectivity index (χ0) is 14.1. The summed E-state index contributed by atoms with van der Waals surface area (Å²) in [5, 5.41) is 1.05. The molecule has 102 valence electrons. The van der Waals surface area contributed by atoms with Crippen LogP contribution in [-0.4, -0.2) is 12.1 Å². The van der Waals surface area contributed by atoms with Crippen LogP contribution in [0.25, 0.3) is 10.9 Å². The molecule has 0 amide bonds. The SMILES string of the molecule is COc1cccc(F)c1C(N)c1cc2ccccc2[nH]1. The first kappa shape index (κ1) is 12.7. The van der Waals surface area contributed by atoms with Gasteiger partial charge in [0.2, 0.25) is 0 Å². The van der Waals surface area contributed by atoms with Crippen molar-refractivity contribution < 1.29 is 9.13 Å². The van der Waals surface area contributed by atoms with Gasteiger partial charge in [0.15, 0.2) is 0 Å². The lowest BCUT2D eigenvalue weighted by Gasteiger charge is -2.15. The molecule has 20 heavy (non-hydrogen) atoms. The van der Waals surface area contributed by atoms with Crippen LogP contribution in [0, 0.1) is 5.82 Å². The number of hydrogen-bond donors (Lipinski definition) is 2. The standard InChI is InChI=1S/C16H15FN2O/c1-20-14-8-4-6-11(17)15(14)16(18)13-9-10-5-2-3-7-12(10)19-13/h2-9,16,19H,18H2,1H3. The summed E-state index contributed by atoms with van der Waals surface area (Å²) < 4.78 is 19.3. The Bertz CT molecular complexity index is 718. The number of hydrogen-bond acceptors (Lipinski definition) is 2. The Morgan fingerprint density at radius 2 is 1.95 bits per heavy atom. The predicted molar refractivity (Wildman–Crippen MR) is 77.3 cm³/mol. The molecule has 1 aromatic heterocycles. The van der Waals surface area contributed by atoms with E-state index in [1.807, 2.05) is 30.3 Å². The largest absolute Gasteiger partial charge is 0.496 e. The molecule has 3 N–H and O–H groups in total. The van der Waals surface area contributed by atoms with Gasteiger partial charge in [-0.25, -0.2) is 4.39 Å². The fourth-order valence-electron chi connectivity index (χ4n) is 2.42. The van der Waals surface area contributed by atoms with Crippen molar-refractivity contribution in [3.63, 3.8) is 0 Å². The van der Waals surface area contributed by atoms with Crippen molar-refractivity contribution in [3.05, 3.63) is 65.6 Å². The lowest BCUT2D eigenvalue weighted by molar-refractivity contribution is 0.401. The molecule has 3 aromatic rings. The molecule has 0 aliphatic carbocycles. The van der Waals surface area contributed by atoms with E-state index in [0.717, 1.165) is 16.6 Å². The summed E-state index contributed by atoms with van der Waals surface area (Å²) in [7, 11) is 1.51. The molecule has 0 bridgehead atoms. The number of nitrogens with two attached hydrogens (primary N) is 1. The first-order valence-corrected chi connectivity index (χ1v) is 6.36. The number of H-pyrrole nitrogens is 1. The zero-order valence-corrected chi connectivity index (χ0v) is 11.1. The molecular weight excluding hydrogens is 255 g/mol. The number of methoxy groups -OCH3 is 1. The van der Waals surface area contributed by atoms with Gasteiger partial charge in [-0.15, -0.1) is 0 Å². The Labute approximate surface area is 116 Å². The molecule has 1 unspecified atom stereocenters. The smallest absolute Gasteiger partial charge is 0.132 e. The van der Waals surface area contributed by atoms with E-state index in [1.54, 1.807) is 12.1 Å². The van der Waals surface area contributed by atoms with Crippen molar-refractivity contribution in [3.8, 4) is 5.75 Å². The summed E-state index contributed by atoms with van der Waals surface area (Å²) in [4.78, 5) is 3.23. The van der Waals surface area contributed by atoms with Crippen molar-refractivity contribution in [2.24, 2.45) is 5.73 Å². The summed E-state index contributed by atoms with van der Waals surface area (Å²) in [6.45, 7) is 0. The molecule has 4 heteroatoms. The Hall–Kier alpha value is -2.33. The summed E-state index contributed by atoms with van der Waals surface area (Å²) in [6, 6.07) is 13.9. The number of aromatic amines is 1. The number of halogens is 1. The highest BCUT2D eigenvalue weighted by Crippen LogP contribution is 2.31. The van der Waals surface area contributed by atoms with Crippen molar-refractivity contribution in [1.82, 2.24) is 4.98 Å². The van der Waals surface area contributed by atoms with Crippen LogP contribution >= 0.6 is 0 Å². The van der Waals surface area contributed by atoms with Crippen molar-refractivity contribution >= 4 is 10.9 Å². The van der Waals surface area contributed by atoms with Gasteiger partial charge in [-0.3, -0.25) is 0 Å². The van der Waals surface area contributed by atoms with Crippen LogP contribution in [0.2, 0.25) is 0 Å². The molecule has 0 fully saturated rings. The van der Waals surface area contributed by atoms with E-state index in [4.69, 9.17) is 10.5 Å². The maximum Gasteiger partial charge on any atom is 0.132 e. The third-order valence-electron chi connectivity index (χ3n) is 3.43. The minimum atomic E-state index is -0.599. The highest BCUT2D eigenvalue weighted by atomic mass is 19.1. The highest BCUT2D eigenvalue weighted by molar-refractivity contribution is 5.80. The maximum absolute atomic E-state index is 14.1. The number of ether oxygens (including phenoxy) is 1. The first-order chi connectivity index (χ1) is 9.70. The average molecular weight is 270 g/mol. The van der Waals surface area contributed by atoms with Crippen molar-refractivity contribution in [1.29, 1.82) is 0 Å². The third kappa shape index (κ3) is 2.04. The summed E-state index contributed by atoms with van der Waals surface area (Å²) in [6.07, 6.45) is 0. The zero-order valence-electron chi connectivity index (χ0n) is 11.1. The Morgan fingerprint density at radius 1 is 1.15 bits per heavy atom. The van der Waals surface area contributed by atoms with E-state index in [1.165, 1.54) is 13.2 Å². The molecule has 0 saturated carbocycles. The van der Waals surface area contributed by atoms with Gasteiger partial charge in [-0.2, -0.15) is 0 Å². The number of nitrogens with one attached hydrogen (secondary N) is 1. The van der Waals surface area contributed by atoms with E-state index >= 15 is 0 Å². The number of rotatable bonds is 3. The topological polar surface area (TPSA) is 51.0 Å². The quantitative estimate of drug-likeness (QED) is 0.766. The van der Waals surface area contributed by atoms with E-state index in [9.17, 15) is 4.39 Å². The molecule has 0 aliphatic rings. The van der Waals surface area contributed by atoms with Crippen LogP contribution in [0.4, 0.5) is 4.39 Å². The molecular formula is C16H15FN2O. The van der Waals surface area contributed by atoms with Crippen LogP contribution in [0.5, 0.6) is 5.75 Å². The maximum atomic E-state index is 14.1. The fraction of sp³-hybridized carbons (Fsp3) is 0.125. The van der Waals surface area contributed by atoms with Gasteiger partial charge < -0.3 is 15.5 Å². The normalized spacial score (nSPS) is 12.6. The third-order valence-corrected chi connectivity index (χ3v) is 3.43. The number of fused-ring (bicyclic) bond motifs is 1. The molecule has 0 radical (unpaired) electrons. The molecule has 0 spiro atoms. The second kappa shape index (κ2) is 4.98. The highest BCUT2D eigenvalue weighted by Gasteiger charge is 2.20. The van der Waals surface area contributed by atoms with E-state index < -0.39 is 6.04 Å². The minimum Gasteiger partial charge on any atom is -0.496 e. The van der Waals surface area contributed by atoms with E-state index in [-0.39, 0.29) is 5.82 Å². The molecule has 0 aliphatic heterocycles. The average Bonchev–Trinajstić information content (AvgIpc) is 2.90. The Balaban J connectivity index is 2.10. The van der Waals surface area contributed by atoms with Crippen LogP contribution < -0.4 is 10.5 Å². The van der Waals surface area contributed by atoms with Crippen molar-refractivity contribution in [2.45, 2.75) is 6.04 Å². The monoisotopic (exact) mass is 270 g/mol. The Kier molecular flexibility index (Phi) is 3.16.